The Morgan fingerprint density at radius 3 is 2.28 bits per heavy atom. The van der Waals surface area contributed by atoms with Gasteiger partial charge in [0.1, 0.15) is 5.54 Å². The van der Waals surface area contributed by atoms with Crippen molar-refractivity contribution >= 4 is 12.0 Å². The first-order valence-corrected chi connectivity index (χ1v) is 6.37. The van der Waals surface area contributed by atoms with E-state index in [0.29, 0.717) is 19.3 Å². The lowest BCUT2D eigenvalue weighted by atomic mass is 9.93. The SMILES string of the molecule is CCC(C)(NC(=O)NC1CCC(O)CC1)C(=O)O. The molecular formula is C12H22N2O4. The summed E-state index contributed by atoms with van der Waals surface area (Å²) in [4.78, 5) is 22.8. The van der Waals surface area contributed by atoms with E-state index in [4.69, 9.17) is 5.11 Å². The van der Waals surface area contributed by atoms with Crippen molar-refractivity contribution < 1.29 is 19.8 Å². The number of urea groups is 1. The lowest BCUT2D eigenvalue weighted by Gasteiger charge is -2.29. The van der Waals surface area contributed by atoms with Crippen molar-refractivity contribution in [3.8, 4) is 0 Å². The van der Waals surface area contributed by atoms with Crippen molar-refractivity contribution in [1.29, 1.82) is 0 Å². The first-order valence-electron chi connectivity index (χ1n) is 6.37. The van der Waals surface area contributed by atoms with Gasteiger partial charge < -0.3 is 20.8 Å². The summed E-state index contributed by atoms with van der Waals surface area (Å²) >= 11 is 0. The average molecular weight is 258 g/mol. The summed E-state index contributed by atoms with van der Waals surface area (Å²) in [5, 5.41) is 23.6. The minimum atomic E-state index is -1.24. The van der Waals surface area contributed by atoms with E-state index in [0.717, 1.165) is 12.8 Å². The fourth-order valence-electron chi connectivity index (χ4n) is 1.99. The minimum Gasteiger partial charge on any atom is -0.480 e. The molecule has 2 amide bonds. The quantitative estimate of drug-likeness (QED) is 0.600. The molecule has 6 nitrogen and oxygen atoms in total. The van der Waals surface area contributed by atoms with Gasteiger partial charge in [-0.15, -0.1) is 0 Å². The molecule has 1 unspecified atom stereocenters. The highest BCUT2D eigenvalue weighted by Gasteiger charge is 2.33. The van der Waals surface area contributed by atoms with Gasteiger partial charge in [0.2, 0.25) is 0 Å². The summed E-state index contributed by atoms with van der Waals surface area (Å²) in [6.45, 7) is 3.20. The van der Waals surface area contributed by atoms with Crippen LogP contribution in [0.25, 0.3) is 0 Å². The number of aliphatic hydroxyl groups is 1. The molecule has 0 bridgehead atoms. The Morgan fingerprint density at radius 2 is 1.83 bits per heavy atom. The highest BCUT2D eigenvalue weighted by molar-refractivity contribution is 5.85. The summed E-state index contributed by atoms with van der Waals surface area (Å²) in [7, 11) is 0. The number of hydrogen-bond donors (Lipinski definition) is 4. The lowest BCUT2D eigenvalue weighted by molar-refractivity contribution is -0.143. The van der Waals surface area contributed by atoms with Gasteiger partial charge in [0, 0.05) is 6.04 Å². The number of carboxylic acids is 1. The second-order valence-electron chi connectivity index (χ2n) is 5.09. The maximum atomic E-state index is 11.7. The molecule has 6 heteroatoms. The minimum absolute atomic E-state index is 0.0169. The van der Waals surface area contributed by atoms with Gasteiger partial charge in [0.15, 0.2) is 0 Å². The lowest BCUT2D eigenvalue weighted by Crippen LogP contribution is -2.56. The van der Waals surface area contributed by atoms with E-state index >= 15 is 0 Å². The van der Waals surface area contributed by atoms with Crippen LogP contribution in [0.3, 0.4) is 0 Å². The third-order valence-corrected chi connectivity index (χ3v) is 3.60. The largest absolute Gasteiger partial charge is 0.480 e. The number of hydrogen-bond acceptors (Lipinski definition) is 3. The second kappa shape index (κ2) is 6.04. The third-order valence-electron chi connectivity index (χ3n) is 3.60. The van der Waals surface area contributed by atoms with Gasteiger partial charge in [-0.2, -0.15) is 0 Å². The molecule has 1 aliphatic rings. The smallest absolute Gasteiger partial charge is 0.329 e. The van der Waals surface area contributed by atoms with Crippen LogP contribution in [0, 0.1) is 0 Å². The third kappa shape index (κ3) is 3.87. The first-order chi connectivity index (χ1) is 8.37. The molecule has 0 aromatic heterocycles. The summed E-state index contributed by atoms with van der Waals surface area (Å²) < 4.78 is 0. The Balaban J connectivity index is 2.44. The molecule has 4 N–H and O–H groups in total. The Hall–Kier alpha value is -1.30. The van der Waals surface area contributed by atoms with E-state index in [2.05, 4.69) is 10.6 Å². The van der Waals surface area contributed by atoms with Crippen LogP contribution in [0.2, 0.25) is 0 Å². The van der Waals surface area contributed by atoms with Crippen molar-refractivity contribution in [2.24, 2.45) is 0 Å². The van der Waals surface area contributed by atoms with E-state index in [9.17, 15) is 14.7 Å². The van der Waals surface area contributed by atoms with Crippen LogP contribution in [-0.2, 0) is 4.79 Å². The highest BCUT2D eigenvalue weighted by atomic mass is 16.4. The van der Waals surface area contributed by atoms with Gasteiger partial charge in [-0.25, -0.2) is 9.59 Å². The molecule has 18 heavy (non-hydrogen) atoms. The summed E-state index contributed by atoms with van der Waals surface area (Å²) in [5.74, 6) is -1.04. The molecule has 1 aliphatic carbocycles. The zero-order chi connectivity index (χ0) is 13.8. The molecule has 1 fully saturated rings. The molecule has 0 spiro atoms. The molecule has 1 atom stereocenters. The van der Waals surface area contributed by atoms with Crippen LogP contribution >= 0.6 is 0 Å². The molecule has 0 saturated heterocycles. The maximum Gasteiger partial charge on any atom is 0.329 e. The topological polar surface area (TPSA) is 98.7 Å². The Kier molecular flexibility index (Phi) is 4.95. The normalized spacial score (nSPS) is 27.1. The molecule has 104 valence electrons. The average Bonchev–Trinajstić information content (AvgIpc) is 2.31. The number of amides is 2. The van der Waals surface area contributed by atoms with Crippen molar-refractivity contribution in [2.75, 3.05) is 0 Å². The molecule has 0 aliphatic heterocycles. The molecular weight excluding hydrogens is 236 g/mol. The fraction of sp³-hybridized carbons (Fsp3) is 0.833. The predicted octanol–water partition coefficient (Wildman–Crippen LogP) is 0.842. The number of rotatable bonds is 4. The van der Waals surface area contributed by atoms with Crippen molar-refractivity contribution in [1.82, 2.24) is 10.6 Å². The van der Waals surface area contributed by atoms with Gasteiger partial charge >= 0.3 is 12.0 Å². The van der Waals surface area contributed by atoms with Crippen LogP contribution in [0.4, 0.5) is 4.79 Å². The monoisotopic (exact) mass is 258 g/mol. The maximum absolute atomic E-state index is 11.7. The molecule has 0 aromatic rings. The van der Waals surface area contributed by atoms with Crippen molar-refractivity contribution in [3.05, 3.63) is 0 Å². The molecule has 0 radical (unpaired) electrons. The Morgan fingerprint density at radius 1 is 1.28 bits per heavy atom. The Bertz CT molecular complexity index is 313. The van der Waals surface area contributed by atoms with Gasteiger partial charge in [-0.1, -0.05) is 6.92 Å². The molecule has 0 aromatic carbocycles. The molecule has 1 rings (SSSR count). The van der Waals surface area contributed by atoms with E-state index in [1.165, 1.54) is 6.92 Å². The molecule has 0 heterocycles. The van der Waals surface area contributed by atoms with Crippen LogP contribution in [0.15, 0.2) is 0 Å². The van der Waals surface area contributed by atoms with Crippen LogP contribution in [0.5, 0.6) is 0 Å². The van der Waals surface area contributed by atoms with Crippen LogP contribution in [0.1, 0.15) is 46.0 Å². The van der Waals surface area contributed by atoms with Crippen LogP contribution < -0.4 is 10.6 Å². The fourth-order valence-corrected chi connectivity index (χ4v) is 1.99. The van der Waals surface area contributed by atoms with E-state index in [-0.39, 0.29) is 12.1 Å². The second-order valence-corrected chi connectivity index (χ2v) is 5.09. The number of aliphatic carboxylic acids is 1. The standard InChI is InChI=1S/C12H22N2O4/c1-3-12(2,10(16)17)14-11(18)13-8-4-6-9(15)7-5-8/h8-9,15H,3-7H2,1-2H3,(H,16,17)(H2,13,14,18). The van der Waals surface area contributed by atoms with Crippen LogP contribution in [-0.4, -0.2) is 39.9 Å². The van der Waals surface area contributed by atoms with Gasteiger partial charge in [-0.05, 0) is 39.0 Å². The number of carboxylic acid groups (broad SMARTS) is 1. The molecule has 1 saturated carbocycles. The van der Waals surface area contributed by atoms with E-state index in [1.807, 2.05) is 0 Å². The summed E-state index contributed by atoms with van der Waals surface area (Å²) in [5.41, 5.74) is -1.24. The number of nitrogens with one attached hydrogen (secondary N) is 2. The summed E-state index contributed by atoms with van der Waals surface area (Å²) in [6, 6.07) is -0.438. The number of carbonyl (C=O) groups is 2. The highest BCUT2D eigenvalue weighted by Crippen LogP contribution is 2.18. The first kappa shape index (κ1) is 14.8. The number of aliphatic hydroxyl groups excluding tert-OH is 1. The van der Waals surface area contributed by atoms with Gasteiger partial charge in [0.25, 0.3) is 0 Å². The van der Waals surface area contributed by atoms with Gasteiger partial charge in [-0.3, -0.25) is 0 Å². The zero-order valence-corrected chi connectivity index (χ0v) is 10.9. The van der Waals surface area contributed by atoms with Crippen molar-refractivity contribution in [3.63, 3.8) is 0 Å². The van der Waals surface area contributed by atoms with E-state index in [1.54, 1.807) is 6.92 Å². The predicted molar refractivity (Wildman–Crippen MR) is 66.3 cm³/mol. The summed E-state index contributed by atoms with van der Waals surface area (Å²) in [6.07, 6.45) is 2.85. The zero-order valence-electron chi connectivity index (χ0n) is 10.9. The van der Waals surface area contributed by atoms with E-state index < -0.39 is 17.5 Å². The number of carbonyl (C=O) groups excluding carboxylic acids is 1. The van der Waals surface area contributed by atoms with Crippen molar-refractivity contribution in [2.45, 2.75) is 63.6 Å². The Labute approximate surface area is 107 Å². The van der Waals surface area contributed by atoms with Gasteiger partial charge in [0.05, 0.1) is 6.10 Å².